The molecule has 1 aromatic heterocycles. The summed E-state index contributed by atoms with van der Waals surface area (Å²) >= 11 is 0. The quantitative estimate of drug-likeness (QED) is 0.908. The van der Waals surface area contributed by atoms with Crippen molar-refractivity contribution < 1.29 is 14.0 Å². The maximum atomic E-state index is 13.1. The van der Waals surface area contributed by atoms with E-state index in [1.165, 1.54) is 12.7 Å². The molecule has 2 saturated heterocycles. The van der Waals surface area contributed by atoms with Crippen LogP contribution in [0.3, 0.4) is 0 Å². The van der Waals surface area contributed by atoms with E-state index in [2.05, 4.69) is 10.3 Å². The first-order valence-corrected chi connectivity index (χ1v) is 8.98. The predicted octanol–water partition coefficient (Wildman–Crippen LogP) is 1.99. The number of piperidine rings is 1. The fourth-order valence-electron chi connectivity index (χ4n) is 3.58. The maximum absolute atomic E-state index is 13.1. The number of rotatable bonds is 4. The van der Waals surface area contributed by atoms with Crippen LogP contribution in [0.5, 0.6) is 0 Å². The topological polar surface area (TPSA) is 78.7 Å². The summed E-state index contributed by atoms with van der Waals surface area (Å²) in [6.45, 7) is 2.65. The molecule has 0 bridgehead atoms. The van der Waals surface area contributed by atoms with Crippen molar-refractivity contribution in [2.75, 3.05) is 31.5 Å². The number of hydrogen-bond acceptors (Lipinski definition) is 5. The third-order valence-electron chi connectivity index (χ3n) is 5.27. The molecule has 0 saturated carbocycles. The second-order valence-corrected chi connectivity index (χ2v) is 6.88. The summed E-state index contributed by atoms with van der Waals surface area (Å²) in [7, 11) is 0. The second kappa shape index (κ2) is 6.82. The van der Waals surface area contributed by atoms with Crippen LogP contribution < -0.4 is 5.32 Å². The largest absolute Gasteiger partial charge is 0.451 e. The Hall–Kier alpha value is -2.83. The number of aromatic nitrogens is 1. The van der Waals surface area contributed by atoms with Gasteiger partial charge in [-0.2, -0.15) is 0 Å². The zero-order valence-electron chi connectivity index (χ0n) is 14.6. The summed E-state index contributed by atoms with van der Waals surface area (Å²) in [6.07, 6.45) is 4.81. The Kier molecular flexibility index (Phi) is 4.36. The SMILES string of the molecule is O=C(c1cocn1)N1CCC(Nc2ccccc2)(C(=O)N2CCC2)CC1. The molecule has 4 rings (SSSR count). The average molecular weight is 354 g/mol. The number of nitrogens with one attached hydrogen (secondary N) is 1. The summed E-state index contributed by atoms with van der Waals surface area (Å²) in [4.78, 5) is 33.2. The van der Waals surface area contributed by atoms with Gasteiger partial charge in [0.05, 0.1) is 0 Å². The number of para-hydroxylation sites is 1. The zero-order valence-corrected chi connectivity index (χ0v) is 14.6. The van der Waals surface area contributed by atoms with Gasteiger partial charge >= 0.3 is 0 Å². The minimum atomic E-state index is -0.664. The van der Waals surface area contributed by atoms with Crippen molar-refractivity contribution >= 4 is 17.5 Å². The molecule has 0 atom stereocenters. The van der Waals surface area contributed by atoms with Crippen LogP contribution in [0.1, 0.15) is 29.8 Å². The van der Waals surface area contributed by atoms with E-state index < -0.39 is 5.54 Å². The molecule has 0 radical (unpaired) electrons. The van der Waals surface area contributed by atoms with Crippen LogP contribution in [0.4, 0.5) is 5.69 Å². The third-order valence-corrected chi connectivity index (χ3v) is 5.27. The Bertz CT molecular complexity index is 763. The molecule has 0 spiro atoms. The zero-order chi connectivity index (χ0) is 18.0. The van der Waals surface area contributed by atoms with E-state index in [9.17, 15) is 9.59 Å². The van der Waals surface area contributed by atoms with Crippen LogP contribution in [-0.4, -0.2) is 58.3 Å². The van der Waals surface area contributed by atoms with E-state index >= 15 is 0 Å². The molecular weight excluding hydrogens is 332 g/mol. The molecule has 0 unspecified atom stereocenters. The van der Waals surface area contributed by atoms with Crippen LogP contribution in [0.25, 0.3) is 0 Å². The molecule has 2 fully saturated rings. The van der Waals surface area contributed by atoms with Gasteiger partial charge in [0.15, 0.2) is 12.1 Å². The van der Waals surface area contributed by atoms with Crippen molar-refractivity contribution in [2.45, 2.75) is 24.8 Å². The maximum Gasteiger partial charge on any atom is 0.275 e. The number of nitrogens with zero attached hydrogens (tertiary/aromatic N) is 3. The number of hydrogen-bond donors (Lipinski definition) is 1. The van der Waals surface area contributed by atoms with Gasteiger partial charge in [0, 0.05) is 31.9 Å². The third kappa shape index (κ3) is 3.05. The number of likely N-dealkylation sites (tertiary alicyclic amines) is 2. The van der Waals surface area contributed by atoms with Crippen LogP contribution in [0, 0.1) is 0 Å². The Morgan fingerprint density at radius 3 is 2.35 bits per heavy atom. The number of anilines is 1. The van der Waals surface area contributed by atoms with Crippen LogP contribution in [-0.2, 0) is 4.79 Å². The van der Waals surface area contributed by atoms with Crippen molar-refractivity contribution in [2.24, 2.45) is 0 Å². The first-order valence-electron chi connectivity index (χ1n) is 8.98. The molecule has 0 aliphatic carbocycles. The Labute approximate surface area is 152 Å². The minimum absolute atomic E-state index is 0.140. The number of carbonyl (C=O) groups is 2. The highest BCUT2D eigenvalue weighted by Crippen LogP contribution is 2.31. The monoisotopic (exact) mass is 354 g/mol. The van der Waals surface area contributed by atoms with Gasteiger partial charge in [-0.25, -0.2) is 4.98 Å². The molecule has 2 aromatic rings. The Morgan fingerprint density at radius 1 is 1.04 bits per heavy atom. The molecule has 26 heavy (non-hydrogen) atoms. The van der Waals surface area contributed by atoms with Gasteiger partial charge in [-0.15, -0.1) is 0 Å². The molecule has 2 aliphatic rings. The molecular formula is C19H22N4O3. The first kappa shape index (κ1) is 16.6. The van der Waals surface area contributed by atoms with Crippen molar-refractivity contribution in [3.63, 3.8) is 0 Å². The number of carbonyl (C=O) groups excluding carboxylic acids is 2. The number of amides is 2. The molecule has 7 nitrogen and oxygen atoms in total. The summed E-state index contributed by atoms with van der Waals surface area (Å²) in [5.74, 6) is -0.00963. The highest BCUT2D eigenvalue weighted by molar-refractivity contribution is 5.93. The van der Waals surface area contributed by atoms with E-state index in [1.807, 2.05) is 35.2 Å². The van der Waals surface area contributed by atoms with Crippen molar-refractivity contribution in [3.05, 3.63) is 48.7 Å². The lowest BCUT2D eigenvalue weighted by molar-refractivity contribution is -0.141. The van der Waals surface area contributed by atoms with Crippen molar-refractivity contribution in [3.8, 4) is 0 Å². The second-order valence-electron chi connectivity index (χ2n) is 6.88. The van der Waals surface area contributed by atoms with E-state index in [1.54, 1.807) is 4.90 Å². The average Bonchev–Trinajstić information content (AvgIpc) is 3.16. The molecule has 2 amide bonds. The van der Waals surface area contributed by atoms with Crippen molar-refractivity contribution in [1.29, 1.82) is 0 Å². The number of benzene rings is 1. The van der Waals surface area contributed by atoms with Crippen molar-refractivity contribution in [1.82, 2.24) is 14.8 Å². The summed E-state index contributed by atoms with van der Waals surface area (Å²) in [5.41, 5.74) is 0.572. The fraction of sp³-hybridized carbons (Fsp3) is 0.421. The van der Waals surface area contributed by atoms with E-state index in [-0.39, 0.29) is 11.8 Å². The molecule has 136 valence electrons. The van der Waals surface area contributed by atoms with Gasteiger partial charge in [0.1, 0.15) is 11.8 Å². The minimum Gasteiger partial charge on any atom is -0.451 e. The molecule has 1 N–H and O–H groups in total. The summed E-state index contributed by atoms with van der Waals surface area (Å²) < 4.78 is 4.91. The lowest BCUT2D eigenvalue weighted by atomic mass is 9.84. The van der Waals surface area contributed by atoms with E-state index in [0.717, 1.165) is 25.2 Å². The normalized spacial score (nSPS) is 18.9. The van der Waals surface area contributed by atoms with Crippen LogP contribution >= 0.6 is 0 Å². The van der Waals surface area contributed by atoms with Crippen LogP contribution in [0.2, 0.25) is 0 Å². The summed E-state index contributed by atoms with van der Waals surface area (Å²) in [6, 6.07) is 9.80. The molecule has 2 aliphatic heterocycles. The lowest BCUT2D eigenvalue weighted by Crippen LogP contribution is -2.62. The van der Waals surface area contributed by atoms with Gasteiger partial charge < -0.3 is 19.5 Å². The first-order chi connectivity index (χ1) is 12.7. The lowest BCUT2D eigenvalue weighted by Gasteiger charge is -2.46. The van der Waals surface area contributed by atoms with Gasteiger partial charge in [-0.05, 0) is 31.4 Å². The molecule has 7 heteroatoms. The highest BCUT2D eigenvalue weighted by Gasteiger charge is 2.45. The number of oxazole rings is 1. The fourth-order valence-corrected chi connectivity index (χ4v) is 3.58. The standard InChI is InChI=1S/C19H22N4O3/c24-17(16-13-26-14-20-16)22-11-7-19(8-12-22,18(25)23-9-4-10-23)21-15-5-2-1-3-6-15/h1-3,5-6,13-14,21H,4,7-12H2. The van der Waals surface area contributed by atoms with Gasteiger partial charge in [-0.3, -0.25) is 9.59 Å². The molecule has 3 heterocycles. The smallest absolute Gasteiger partial charge is 0.275 e. The van der Waals surface area contributed by atoms with Gasteiger partial charge in [0.25, 0.3) is 5.91 Å². The molecule has 1 aromatic carbocycles. The summed E-state index contributed by atoms with van der Waals surface area (Å²) in [5, 5.41) is 3.47. The Balaban J connectivity index is 1.51. The highest BCUT2D eigenvalue weighted by atomic mass is 16.3. The Morgan fingerprint density at radius 2 is 1.77 bits per heavy atom. The van der Waals surface area contributed by atoms with Crippen LogP contribution in [0.15, 0.2) is 47.4 Å². The van der Waals surface area contributed by atoms with Gasteiger partial charge in [0.2, 0.25) is 5.91 Å². The predicted molar refractivity (Wildman–Crippen MR) is 95.6 cm³/mol. The van der Waals surface area contributed by atoms with Gasteiger partial charge in [-0.1, -0.05) is 18.2 Å². The van der Waals surface area contributed by atoms with E-state index in [0.29, 0.717) is 31.6 Å². The van der Waals surface area contributed by atoms with E-state index in [4.69, 9.17) is 4.42 Å².